The first kappa shape index (κ1) is 20.2. The molecule has 2 unspecified atom stereocenters. The molecule has 2 N–H and O–H groups in total. The molecule has 0 bridgehead atoms. The Bertz CT molecular complexity index is 1210. The minimum Gasteiger partial charge on any atom is -0.511 e. The molecule has 2 aliphatic carbocycles. The van der Waals surface area contributed by atoms with Gasteiger partial charge in [0.1, 0.15) is 11.5 Å². The summed E-state index contributed by atoms with van der Waals surface area (Å²) in [6, 6.07) is 6.55. The van der Waals surface area contributed by atoms with Gasteiger partial charge in [-0.25, -0.2) is 9.98 Å². The van der Waals surface area contributed by atoms with Gasteiger partial charge in [0.15, 0.2) is 0 Å². The third-order valence-electron chi connectivity index (χ3n) is 5.84. The molecule has 0 radical (unpaired) electrons. The summed E-state index contributed by atoms with van der Waals surface area (Å²) in [6.07, 6.45) is 13.7. The van der Waals surface area contributed by atoms with Crippen molar-refractivity contribution in [1.82, 2.24) is 0 Å². The van der Waals surface area contributed by atoms with Crippen molar-refractivity contribution in [3.05, 3.63) is 106 Å². The van der Waals surface area contributed by atoms with Gasteiger partial charge in [-0.2, -0.15) is 0 Å². The quantitative estimate of drug-likeness (QED) is 0.717. The molecule has 32 heavy (non-hydrogen) atoms. The first-order valence-corrected chi connectivity index (χ1v) is 10.4. The topological polar surface area (TPSA) is 99.3 Å². The van der Waals surface area contributed by atoms with E-state index in [9.17, 15) is 19.8 Å². The third kappa shape index (κ3) is 3.20. The van der Waals surface area contributed by atoms with E-state index >= 15 is 0 Å². The highest BCUT2D eigenvalue weighted by molar-refractivity contribution is 6.30. The smallest absolute Gasteiger partial charge is 0.277 e. The summed E-state index contributed by atoms with van der Waals surface area (Å²) in [4.78, 5) is 34.5. The van der Waals surface area contributed by atoms with E-state index in [1.54, 1.807) is 72.9 Å². The van der Waals surface area contributed by atoms with Crippen LogP contribution >= 0.6 is 11.6 Å². The second-order valence-corrected chi connectivity index (χ2v) is 8.15. The Morgan fingerprint density at radius 2 is 1.22 bits per heavy atom. The summed E-state index contributed by atoms with van der Waals surface area (Å²) in [5.74, 6) is -4.04. The SMILES string of the molecule is O=C1N=C2C=CC=CC2C(O)=C1C(C1=C(O)C2C=CC=CC2=NC1=O)c1ccc(Cl)cc1. The summed E-state index contributed by atoms with van der Waals surface area (Å²) < 4.78 is 0. The Labute approximate surface area is 188 Å². The zero-order valence-electron chi connectivity index (χ0n) is 16.6. The lowest BCUT2D eigenvalue weighted by Gasteiger charge is -2.31. The van der Waals surface area contributed by atoms with Gasteiger partial charge in [-0.1, -0.05) is 60.2 Å². The average molecular weight is 445 g/mol. The molecule has 4 aliphatic rings. The standard InChI is InChI=1S/C25H17ClN2O4/c26-14-11-9-13(10-12-14)19(20-22(29)15-5-1-3-7-17(15)27-24(20)31)21-23(30)16-6-2-4-8-18(16)28-25(21)32/h1-12,15-16,19,29-30H. The van der Waals surface area contributed by atoms with Gasteiger partial charge >= 0.3 is 0 Å². The van der Waals surface area contributed by atoms with E-state index in [0.717, 1.165) is 0 Å². The lowest BCUT2D eigenvalue weighted by molar-refractivity contribution is -0.115. The summed E-state index contributed by atoms with van der Waals surface area (Å²) in [5, 5.41) is 22.8. The van der Waals surface area contributed by atoms with Crippen LogP contribution in [0.3, 0.4) is 0 Å². The van der Waals surface area contributed by atoms with E-state index in [0.29, 0.717) is 22.0 Å². The maximum absolute atomic E-state index is 13.1. The summed E-state index contributed by atoms with van der Waals surface area (Å²) in [7, 11) is 0. The molecular weight excluding hydrogens is 428 g/mol. The summed E-state index contributed by atoms with van der Waals surface area (Å²) >= 11 is 6.05. The number of halogens is 1. The first-order valence-electron chi connectivity index (χ1n) is 10.0. The fraction of sp³-hybridized carbons (Fsp3) is 0.120. The Morgan fingerprint density at radius 1 is 0.750 bits per heavy atom. The molecule has 1 aromatic rings. The number of aliphatic hydroxyl groups excluding tert-OH is 2. The second kappa shape index (κ2) is 7.73. The van der Waals surface area contributed by atoms with Crippen LogP contribution in [0.4, 0.5) is 0 Å². The van der Waals surface area contributed by atoms with Gasteiger partial charge in [0.25, 0.3) is 11.8 Å². The lowest BCUT2D eigenvalue weighted by Crippen LogP contribution is -2.32. The molecule has 0 aromatic heterocycles. The molecule has 2 aliphatic heterocycles. The van der Waals surface area contributed by atoms with Crippen molar-refractivity contribution in [2.45, 2.75) is 5.92 Å². The van der Waals surface area contributed by atoms with E-state index in [4.69, 9.17) is 11.6 Å². The number of hydrogen-bond donors (Lipinski definition) is 2. The maximum Gasteiger partial charge on any atom is 0.277 e. The van der Waals surface area contributed by atoms with Gasteiger partial charge in [-0.15, -0.1) is 0 Å². The van der Waals surface area contributed by atoms with E-state index in [-0.39, 0.29) is 22.7 Å². The third-order valence-corrected chi connectivity index (χ3v) is 6.10. The van der Waals surface area contributed by atoms with Crippen LogP contribution in [0, 0.1) is 11.8 Å². The number of aliphatic hydroxyl groups is 2. The molecule has 1 aromatic carbocycles. The number of benzene rings is 1. The van der Waals surface area contributed by atoms with Gasteiger partial charge in [-0.3, -0.25) is 9.59 Å². The van der Waals surface area contributed by atoms with Crippen LogP contribution in [0.2, 0.25) is 5.02 Å². The van der Waals surface area contributed by atoms with Crippen molar-refractivity contribution in [2.75, 3.05) is 0 Å². The summed E-state index contributed by atoms with van der Waals surface area (Å²) in [5.41, 5.74) is 1.21. The molecule has 2 atom stereocenters. The fourth-order valence-electron chi connectivity index (χ4n) is 4.32. The van der Waals surface area contributed by atoms with E-state index < -0.39 is 29.6 Å². The number of allylic oxidation sites excluding steroid dienone is 8. The Balaban J connectivity index is 1.72. The van der Waals surface area contributed by atoms with Crippen LogP contribution in [-0.2, 0) is 9.59 Å². The van der Waals surface area contributed by atoms with Gasteiger partial charge in [0, 0.05) is 5.02 Å². The molecule has 6 nitrogen and oxygen atoms in total. The number of nitrogens with zero attached hydrogens (tertiary/aromatic N) is 2. The fourth-order valence-corrected chi connectivity index (χ4v) is 4.45. The van der Waals surface area contributed by atoms with Crippen molar-refractivity contribution in [2.24, 2.45) is 21.8 Å². The monoisotopic (exact) mass is 444 g/mol. The average Bonchev–Trinajstić information content (AvgIpc) is 2.78. The number of carbonyl (C=O) groups is 2. The largest absolute Gasteiger partial charge is 0.511 e. The molecule has 7 heteroatoms. The van der Waals surface area contributed by atoms with Crippen molar-refractivity contribution < 1.29 is 19.8 Å². The molecule has 0 fully saturated rings. The highest BCUT2D eigenvalue weighted by atomic mass is 35.5. The minimum atomic E-state index is -1.07. The number of aliphatic imine (C=N–C) groups is 2. The van der Waals surface area contributed by atoms with Gasteiger partial charge in [-0.05, 0) is 29.8 Å². The number of rotatable bonds is 3. The minimum absolute atomic E-state index is 0.0649. The molecule has 2 amide bonds. The van der Waals surface area contributed by atoms with Crippen molar-refractivity contribution in [1.29, 1.82) is 0 Å². The van der Waals surface area contributed by atoms with E-state index in [1.165, 1.54) is 0 Å². The zero-order chi connectivity index (χ0) is 22.4. The highest BCUT2D eigenvalue weighted by Gasteiger charge is 2.42. The number of amides is 2. The molecule has 0 saturated carbocycles. The number of hydrogen-bond acceptors (Lipinski definition) is 4. The van der Waals surface area contributed by atoms with Crippen LogP contribution in [-0.4, -0.2) is 33.5 Å². The van der Waals surface area contributed by atoms with Crippen LogP contribution < -0.4 is 0 Å². The molecule has 0 saturated heterocycles. The van der Waals surface area contributed by atoms with Crippen molar-refractivity contribution in [3.8, 4) is 0 Å². The van der Waals surface area contributed by atoms with E-state index in [2.05, 4.69) is 9.98 Å². The van der Waals surface area contributed by atoms with Crippen molar-refractivity contribution in [3.63, 3.8) is 0 Å². The van der Waals surface area contributed by atoms with E-state index in [1.807, 2.05) is 0 Å². The Morgan fingerprint density at radius 3 is 1.69 bits per heavy atom. The molecule has 5 rings (SSSR count). The zero-order valence-corrected chi connectivity index (χ0v) is 17.4. The lowest BCUT2D eigenvalue weighted by atomic mass is 9.76. The molecule has 2 heterocycles. The van der Waals surface area contributed by atoms with Crippen LogP contribution in [0.25, 0.3) is 0 Å². The normalized spacial score (nSPS) is 24.9. The van der Waals surface area contributed by atoms with Gasteiger partial charge < -0.3 is 10.2 Å². The number of carbonyl (C=O) groups excluding carboxylic acids is 2. The first-order chi connectivity index (χ1) is 15.5. The number of fused-ring (bicyclic) bond motifs is 2. The number of dihydropyridines is 2. The predicted molar refractivity (Wildman–Crippen MR) is 122 cm³/mol. The molecule has 158 valence electrons. The van der Waals surface area contributed by atoms with Crippen molar-refractivity contribution >= 4 is 34.8 Å². The Hall–Kier alpha value is -3.77. The maximum atomic E-state index is 13.1. The van der Waals surface area contributed by atoms with Gasteiger partial charge in [0.2, 0.25) is 0 Å². The van der Waals surface area contributed by atoms with Crippen LogP contribution in [0.1, 0.15) is 11.5 Å². The second-order valence-electron chi connectivity index (χ2n) is 7.71. The summed E-state index contributed by atoms with van der Waals surface area (Å²) in [6.45, 7) is 0. The molecule has 0 spiro atoms. The van der Waals surface area contributed by atoms with Crippen LogP contribution in [0.15, 0.2) is 106 Å². The van der Waals surface area contributed by atoms with Crippen LogP contribution in [0.5, 0.6) is 0 Å². The molecular formula is C25H17ClN2O4. The predicted octanol–water partition coefficient (Wildman–Crippen LogP) is 4.49. The highest BCUT2D eigenvalue weighted by Crippen LogP contribution is 2.43. The Kier molecular flexibility index (Phi) is 4.87. The van der Waals surface area contributed by atoms with Gasteiger partial charge in [0.05, 0.1) is 40.3 Å².